The molecule has 17 heavy (non-hydrogen) atoms. The molecular formula is C8H16N2O6S. The van der Waals surface area contributed by atoms with E-state index < -0.39 is 34.6 Å². The Balaban J connectivity index is 4.88. The normalized spacial score (nSPS) is 13.9. The van der Waals surface area contributed by atoms with Crippen LogP contribution in [0.4, 0.5) is 0 Å². The maximum Gasteiger partial charge on any atom is 0.322 e. The van der Waals surface area contributed by atoms with Gasteiger partial charge in [-0.1, -0.05) is 0 Å². The van der Waals surface area contributed by atoms with E-state index in [1.54, 1.807) is 13.8 Å². The van der Waals surface area contributed by atoms with Crippen molar-refractivity contribution in [2.24, 2.45) is 0 Å². The molecule has 0 aromatic carbocycles. The molecule has 0 amide bonds. The van der Waals surface area contributed by atoms with Crippen LogP contribution in [0.3, 0.4) is 0 Å². The summed E-state index contributed by atoms with van der Waals surface area (Å²) in [7, 11) is -2.74. The highest BCUT2D eigenvalue weighted by Crippen LogP contribution is 2.04. The molecule has 1 atom stereocenters. The summed E-state index contributed by atoms with van der Waals surface area (Å²) in [6.07, 6.45) is -0.819. The Morgan fingerprint density at radius 2 is 1.76 bits per heavy atom. The molecule has 0 aromatic heterocycles. The monoisotopic (exact) mass is 268 g/mol. The zero-order valence-corrected chi connectivity index (χ0v) is 10.6. The molecule has 0 heterocycles. The lowest BCUT2D eigenvalue weighted by molar-refractivity contribution is -0.145. The van der Waals surface area contributed by atoms with E-state index in [4.69, 9.17) is 10.2 Å². The fraction of sp³-hybridized carbons (Fsp3) is 0.750. The number of carboxylic acids is 2. The second-order valence-corrected chi connectivity index (χ2v) is 5.48. The molecule has 0 rings (SSSR count). The molecule has 0 fully saturated rings. The molecule has 0 aliphatic heterocycles. The number of carboxylic acid groups (broad SMARTS) is 2. The van der Waals surface area contributed by atoms with Crippen molar-refractivity contribution in [2.45, 2.75) is 32.4 Å². The first-order valence-electron chi connectivity index (χ1n) is 4.77. The van der Waals surface area contributed by atoms with E-state index in [1.165, 1.54) is 7.05 Å². The minimum atomic E-state index is -4.01. The van der Waals surface area contributed by atoms with Crippen LogP contribution in [0.2, 0.25) is 0 Å². The van der Waals surface area contributed by atoms with Crippen LogP contribution in [0, 0.1) is 0 Å². The summed E-state index contributed by atoms with van der Waals surface area (Å²) < 4.78 is 26.0. The van der Waals surface area contributed by atoms with Crippen LogP contribution >= 0.6 is 0 Å². The summed E-state index contributed by atoms with van der Waals surface area (Å²) in [6, 6.07) is -2.05. The van der Waals surface area contributed by atoms with Crippen molar-refractivity contribution in [3.05, 3.63) is 0 Å². The highest BCUT2D eigenvalue weighted by atomic mass is 32.2. The van der Waals surface area contributed by atoms with Crippen LogP contribution in [0.1, 0.15) is 20.3 Å². The van der Waals surface area contributed by atoms with Gasteiger partial charge in [-0.15, -0.1) is 0 Å². The maximum atomic E-state index is 11.6. The van der Waals surface area contributed by atoms with Crippen LogP contribution in [0.5, 0.6) is 0 Å². The van der Waals surface area contributed by atoms with Gasteiger partial charge >= 0.3 is 11.9 Å². The van der Waals surface area contributed by atoms with Crippen molar-refractivity contribution >= 4 is 22.1 Å². The molecular weight excluding hydrogens is 252 g/mol. The van der Waals surface area contributed by atoms with Crippen LogP contribution in [0.25, 0.3) is 0 Å². The van der Waals surface area contributed by atoms with Gasteiger partial charge in [0.1, 0.15) is 6.04 Å². The van der Waals surface area contributed by atoms with Gasteiger partial charge in [0.2, 0.25) is 0 Å². The SMILES string of the molecule is CC(C)N(C)S(=O)(=O)N[C@H](CC(=O)O)C(=O)O. The minimum absolute atomic E-state index is 0.369. The van der Waals surface area contributed by atoms with Crippen molar-refractivity contribution in [3.8, 4) is 0 Å². The molecule has 0 aliphatic carbocycles. The second kappa shape index (κ2) is 5.94. The molecule has 9 heteroatoms. The Morgan fingerprint density at radius 3 is 2.06 bits per heavy atom. The Kier molecular flexibility index (Phi) is 5.52. The van der Waals surface area contributed by atoms with Crippen molar-refractivity contribution < 1.29 is 28.2 Å². The highest BCUT2D eigenvalue weighted by Gasteiger charge is 2.29. The van der Waals surface area contributed by atoms with Gasteiger partial charge in [-0.05, 0) is 13.8 Å². The van der Waals surface area contributed by atoms with Gasteiger partial charge in [-0.25, -0.2) is 0 Å². The van der Waals surface area contributed by atoms with Gasteiger partial charge in [0.15, 0.2) is 0 Å². The summed E-state index contributed by atoms with van der Waals surface area (Å²) in [4.78, 5) is 21.1. The summed E-state index contributed by atoms with van der Waals surface area (Å²) in [6.45, 7) is 3.21. The Labute approximate surface area is 99.4 Å². The van der Waals surface area contributed by atoms with Crippen LogP contribution in [-0.4, -0.2) is 54.0 Å². The molecule has 0 aliphatic rings. The van der Waals surface area contributed by atoms with Gasteiger partial charge < -0.3 is 10.2 Å². The van der Waals surface area contributed by atoms with Gasteiger partial charge in [-0.3, -0.25) is 9.59 Å². The molecule has 0 unspecified atom stereocenters. The molecule has 100 valence electrons. The lowest BCUT2D eigenvalue weighted by Gasteiger charge is -2.23. The quantitative estimate of drug-likeness (QED) is 0.549. The fourth-order valence-electron chi connectivity index (χ4n) is 0.894. The van der Waals surface area contributed by atoms with E-state index in [2.05, 4.69) is 0 Å². The molecule has 0 saturated heterocycles. The molecule has 0 radical (unpaired) electrons. The highest BCUT2D eigenvalue weighted by molar-refractivity contribution is 7.87. The Hall–Kier alpha value is -1.19. The number of nitrogens with one attached hydrogen (secondary N) is 1. The van der Waals surface area contributed by atoms with E-state index in [9.17, 15) is 18.0 Å². The molecule has 0 aromatic rings. The van der Waals surface area contributed by atoms with E-state index >= 15 is 0 Å². The minimum Gasteiger partial charge on any atom is -0.481 e. The average molecular weight is 268 g/mol. The van der Waals surface area contributed by atoms with Gasteiger partial charge in [0.05, 0.1) is 6.42 Å². The second-order valence-electron chi connectivity index (χ2n) is 3.72. The smallest absolute Gasteiger partial charge is 0.322 e. The van der Waals surface area contributed by atoms with Gasteiger partial charge in [0.25, 0.3) is 10.2 Å². The molecule has 8 nitrogen and oxygen atoms in total. The van der Waals surface area contributed by atoms with Gasteiger partial charge in [0, 0.05) is 13.1 Å². The molecule has 0 saturated carbocycles. The van der Waals surface area contributed by atoms with E-state index in [0.29, 0.717) is 0 Å². The van der Waals surface area contributed by atoms with Crippen molar-refractivity contribution in [3.63, 3.8) is 0 Å². The number of rotatable bonds is 7. The number of aliphatic carboxylic acids is 2. The average Bonchev–Trinajstić information content (AvgIpc) is 2.14. The topological polar surface area (TPSA) is 124 Å². The predicted molar refractivity (Wildman–Crippen MR) is 58.6 cm³/mol. The van der Waals surface area contributed by atoms with Crippen LogP contribution < -0.4 is 4.72 Å². The number of carbonyl (C=O) groups is 2. The molecule has 0 spiro atoms. The summed E-state index contributed by atoms with van der Waals surface area (Å²) in [5, 5.41) is 17.2. The Bertz CT molecular complexity index is 391. The number of hydrogen-bond donors (Lipinski definition) is 3. The standard InChI is InChI=1S/C8H16N2O6S/c1-5(2)10(3)17(15,16)9-6(8(13)14)4-7(11)12/h5-6,9H,4H2,1-3H3,(H,11,12)(H,13,14)/t6-/m1/s1. The molecule has 3 N–H and O–H groups in total. The zero-order valence-electron chi connectivity index (χ0n) is 9.74. The predicted octanol–water partition coefficient (Wildman–Crippen LogP) is -0.911. The van der Waals surface area contributed by atoms with E-state index in [1.807, 2.05) is 4.72 Å². The van der Waals surface area contributed by atoms with Gasteiger partial charge in [-0.2, -0.15) is 17.4 Å². The lowest BCUT2D eigenvalue weighted by Crippen LogP contribution is -2.49. The third-order valence-electron chi connectivity index (χ3n) is 2.07. The number of nitrogens with zero attached hydrogens (tertiary/aromatic N) is 1. The molecule has 0 bridgehead atoms. The third-order valence-corrected chi connectivity index (χ3v) is 3.84. The summed E-state index contributed by atoms with van der Waals surface area (Å²) >= 11 is 0. The first kappa shape index (κ1) is 15.8. The number of hydrogen-bond acceptors (Lipinski definition) is 4. The Morgan fingerprint density at radius 1 is 1.29 bits per heavy atom. The largest absolute Gasteiger partial charge is 0.481 e. The van der Waals surface area contributed by atoms with E-state index in [-0.39, 0.29) is 6.04 Å². The van der Waals surface area contributed by atoms with Crippen molar-refractivity contribution in [1.29, 1.82) is 0 Å². The third kappa shape index (κ3) is 5.11. The van der Waals surface area contributed by atoms with E-state index in [0.717, 1.165) is 4.31 Å². The van der Waals surface area contributed by atoms with Crippen molar-refractivity contribution in [2.75, 3.05) is 7.05 Å². The first-order valence-corrected chi connectivity index (χ1v) is 6.21. The van der Waals surface area contributed by atoms with Crippen LogP contribution in [0.15, 0.2) is 0 Å². The first-order chi connectivity index (χ1) is 7.58. The summed E-state index contributed by atoms with van der Waals surface area (Å²) in [5.41, 5.74) is 0. The fourth-order valence-corrected chi connectivity index (χ4v) is 2.16. The van der Waals surface area contributed by atoms with Crippen LogP contribution in [-0.2, 0) is 19.8 Å². The zero-order chi connectivity index (χ0) is 13.8. The maximum absolute atomic E-state index is 11.6. The summed E-state index contributed by atoms with van der Waals surface area (Å²) in [5.74, 6) is -2.93. The van der Waals surface area contributed by atoms with Crippen molar-refractivity contribution in [1.82, 2.24) is 9.03 Å². The lowest BCUT2D eigenvalue weighted by atomic mass is 10.2.